The Morgan fingerprint density at radius 2 is 2.21 bits per heavy atom. The second-order valence-corrected chi connectivity index (χ2v) is 5.93. The van der Waals surface area contributed by atoms with E-state index in [1.807, 2.05) is 28.8 Å². The minimum absolute atomic E-state index is 0.0855. The number of hydrogen-bond acceptors (Lipinski definition) is 4. The second kappa shape index (κ2) is 5.88. The van der Waals surface area contributed by atoms with Crippen LogP contribution in [0.1, 0.15) is 20.8 Å². The lowest BCUT2D eigenvalue weighted by atomic mass is 10.2. The molecule has 0 aliphatic rings. The molecule has 1 heterocycles. The van der Waals surface area contributed by atoms with Gasteiger partial charge >= 0.3 is 0 Å². The van der Waals surface area contributed by atoms with E-state index in [2.05, 4.69) is 29.4 Å². The SMILES string of the molecule is CC(=O)Nc1cccc(-n2cnnc2SC(C)C)c1. The van der Waals surface area contributed by atoms with Crippen LogP contribution in [0.15, 0.2) is 35.7 Å². The van der Waals surface area contributed by atoms with Crippen LogP contribution in [0.2, 0.25) is 0 Å². The summed E-state index contributed by atoms with van der Waals surface area (Å²) in [7, 11) is 0. The summed E-state index contributed by atoms with van der Waals surface area (Å²) in [6.07, 6.45) is 1.68. The molecule has 2 rings (SSSR count). The summed E-state index contributed by atoms with van der Waals surface area (Å²) in [6, 6.07) is 7.60. The van der Waals surface area contributed by atoms with Crippen LogP contribution in [-0.2, 0) is 4.79 Å². The van der Waals surface area contributed by atoms with E-state index in [1.54, 1.807) is 18.1 Å². The third kappa shape index (κ3) is 3.57. The van der Waals surface area contributed by atoms with Gasteiger partial charge in [-0.1, -0.05) is 31.7 Å². The Labute approximate surface area is 116 Å². The largest absolute Gasteiger partial charge is 0.326 e. The molecule has 0 radical (unpaired) electrons. The molecule has 6 heteroatoms. The van der Waals surface area contributed by atoms with Crippen molar-refractivity contribution < 1.29 is 4.79 Å². The van der Waals surface area contributed by atoms with Gasteiger partial charge in [0, 0.05) is 17.9 Å². The maximum atomic E-state index is 11.1. The second-order valence-electron chi connectivity index (χ2n) is 4.38. The lowest BCUT2D eigenvalue weighted by Crippen LogP contribution is -2.06. The van der Waals surface area contributed by atoms with Gasteiger partial charge in [-0.15, -0.1) is 10.2 Å². The van der Waals surface area contributed by atoms with Gasteiger partial charge in [0.15, 0.2) is 5.16 Å². The summed E-state index contributed by atoms with van der Waals surface area (Å²) in [6.45, 7) is 5.71. The first-order chi connectivity index (χ1) is 9.06. The van der Waals surface area contributed by atoms with E-state index in [-0.39, 0.29) is 5.91 Å². The molecule has 0 saturated carbocycles. The maximum absolute atomic E-state index is 11.1. The minimum atomic E-state index is -0.0855. The topological polar surface area (TPSA) is 59.8 Å². The number of carbonyl (C=O) groups is 1. The van der Waals surface area contributed by atoms with Crippen molar-refractivity contribution in [2.75, 3.05) is 5.32 Å². The van der Waals surface area contributed by atoms with E-state index < -0.39 is 0 Å². The molecule has 2 aromatic rings. The number of thioether (sulfide) groups is 1. The van der Waals surface area contributed by atoms with E-state index in [0.717, 1.165) is 16.5 Å². The summed E-state index contributed by atoms with van der Waals surface area (Å²) in [5, 5.41) is 12.1. The molecule has 0 fully saturated rings. The molecule has 100 valence electrons. The monoisotopic (exact) mass is 276 g/mol. The summed E-state index contributed by atoms with van der Waals surface area (Å²) in [5.74, 6) is -0.0855. The molecule has 19 heavy (non-hydrogen) atoms. The summed E-state index contributed by atoms with van der Waals surface area (Å²) < 4.78 is 1.91. The first kappa shape index (κ1) is 13.6. The number of amides is 1. The third-order valence-electron chi connectivity index (χ3n) is 2.30. The lowest BCUT2D eigenvalue weighted by Gasteiger charge is -2.09. The van der Waals surface area contributed by atoms with Gasteiger partial charge in [-0.2, -0.15) is 0 Å². The number of benzene rings is 1. The number of rotatable bonds is 4. The highest BCUT2D eigenvalue weighted by molar-refractivity contribution is 7.99. The molecule has 1 N–H and O–H groups in total. The molecule has 0 bridgehead atoms. The van der Waals surface area contributed by atoms with Crippen LogP contribution in [0.25, 0.3) is 5.69 Å². The van der Waals surface area contributed by atoms with Gasteiger partial charge in [-0.25, -0.2) is 0 Å². The van der Waals surface area contributed by atoms with Gasteiger partial charge in [0.05, 0.1) is 5.69 Å². The maximum Gasteiger partial charge on any atom is 0.221 e. The molecule has 0 aliphatic carbocycles. The third-order valence-corrected chi connectivity index (χ3v) is 3.26. The fourth-order valence-corrected chi connectivity index (χ4v) is 2.41. The van der Waals surface area contributed by atoms with Crippen molar-refractivity contribution in [1.82, 2.24) is 14.8 Å². The van der Waals surface area contributed by atoms with Crippen molar-refractivity contribution in [3.8, 4) is 5.69 Å². The fraction of sp³-hybridized carbons (Fsp3) is 0.308. The Kier molecular flexibility index (Phi) is 4.21. The van der Waals surface area contributed by atoms with Crippen molar-refractivity contribution in [2.24, 2.45) is 0 Å². The Morgan fingerprint density at radius 1 is 1.42 bits per heavy atom. The molecule has 1 aromatic heterocycles. The Bertz CT molecular complexity index is 580. The van der Waals surface area contributed by atoms with Crippen LogP contribution < -0.4 is 5.32 Å². The summed E-state index contributed by atoms with van der Waals surface area (Å²) in [4.78, 5) is 11.1. The molecule has 0 aliphatic heterocycles. The van der Waals surface area contributed by atoms with Crippen LogP contribution >= 0.6 is 11.8 Å². The molecule has 0 atom stereocenters. The van der Waals surface area contributed by atoms with E-state index in [9.17, 15) is 4.79 Å². The van der Waals surface area contributed by atoms with Gasteiger partial charge in [-0.05, 0) is 18.2 Å². The predicted octanol–water partition coefficient (Wildman–Crippen LogP) is 2.73. The molecule has 0 saturated heterocycles. The predicted molar refractivity (Wildman–Crippen MR) is 76.7 cm³/mol. The molecular formula is C13H16N4OS. The number of anilines is 1. The molecule has 0 spiro atoms. The van der Waals surface area contributed by atoms with Crippen LogP contribution in [-0.4, -0.2) is 25.9 Å². The Morgan fingerprint density at radius 3 is 2.89 bits per heavy atom. The molecule has 5 nitrogen and oxygen atoms in total. The quantitative estimate of drug-likeness (QED) is 0.872. The van der Waals surface area contributed by atoms with Crippen LogP contribution in [0, 0.1) is 0 Å². The van der Waals surface area contributed by atoms with E-state index in [0.29, 0.717) is 5.25 Å². The number of nitrogens with zero attached hydrogens (tertiary/aromatic N) is 3. The normalized spacial score (nSPS) is 10.7. The lowest BCUT2D eigenvalue weighted by molar-refractivity contribution is -0.114. The van der Waals surface area contributed by atoms with Crippen molar-refractivity contribution in [1.29, 1.82) is 0 Å². The number of carbonyl (C=O) groups excluding carboxylic acids is 1. The first-order valence-corrected chi connectivity index (χ1v) is 6.89. The van der Waals surface area contributed by atoms with E-state index >= 15 is 0 Å². The zero-order valence-electron chi connectivity index (χ0n) is 11.1. The zero-order chi connectivity index (χ0) is 13.8. The van der Waals surface area contributed by atoms with Crippen LogP contribution in [0.4, 0.5) is 5.69 Å². The van der Waals surface area contributed by atoms with Crippen molar-refractivity contribution >= 4 is 23.4 Å². The van der Waals surface area contributed by atoms with Crippen LogP contribution in [0.3, 0.4) is 0 Å². The van der Waals surface area contributed by atoms with Crippen molar-refractivity contribution in [3.05, 3.63) is 30.6 Å². The van der Waals surface area contributed by atoms with Gasteiger partial charge in [0.25, 0.3) is 0 Å². The highest BCUT2D eigenvalue weighted by atomic mass is 32.2. The number of hydrogen-bond donors (Lipinski definition) is 1. The molecule has 1 amide bonds. The van der Waals surface area contributed by atoms with Gasteiger partial charge in [-0.3, -0.25) is 9.36 Å². The van der Waals surface area contributed by atoms with Gasteiger partial charge < -0.3 is 5.32 Å². The highest BCUT2D eigenvalue weighted by Crippen LogP contribution is 2.24. The smallest absolute Gasteiger partial charge is 0.221 e. The average molecular weight is 276 g/mol. The summed E-state index contributed by atoms with van der Waals surface area (Å²) in [5.41, 5.74) is 1.69. The summed E-state index contributed by atoms with van der Waals surface area (Å²) >= 11 is 1.65. The first-order valence-electron chi connectivity index (χ1n) is 6.01. The number of aromatic nitrogens is 3. The van der Waals surface area contributed by atoms with Crippen molar-refractivity contribution in [3.63, 3.8) is 0 Å². The molecular weight excluding hydrogens is 260 g/mol. The van der Waals surface area contributed by atoms with Gasteiger partial charge in [0.1, 0.15) is 6.33 Å². The molecule has 1 aromatic carbocycles. The van der Waals surface area contributed by atoms with E-state index in [4.69, 9.17) is 0 Å². The van der Waals surface area contributed by atoms with E-state index in [1.165, 1.54) is 6.92 Å². The van der Waals surface area contributed by atoms with Gasteiger partial charge in [0.2, 0.25) is 5.91 Å². The standard InChI is InChI=1S/C13H16N4OS/c1-9(2)19-13-16-14-8-17(13)12-6-4-5-11(7-12)15-10(3)18/h4-9H,1-3H3,(H,15,18). The fourth-order valence-electron chi connectivity index (χ4n) is 1.63. The highest BCUT2D eigenvalue weighted by Gasteiger charge is 2.09. The van der Waals surface area contributed by atoms with Crippen molar-refractivity contribution in [2.45, 2.75) is 31.2 Å². The molecule has 0 unspecified atom stereocenters. The Hall–Kier alpha value is -1.82. The average Bonchev–Trinajstić information content (AvgIpc) is 2.75. The minimum Gasteiger partial charge on any atom is -0.326 e. The van der Waals surface area contributed by atoms with Crippen LogP contribution in [0.5, 0.6) is 0 Å². The number of nitrogens with one attached hydrogen (secondary N) is 1. The zero-order valence-corrected chi connectivity index (χ0v) is 11.9. The Balaban J connectivity index is 2.31.